The maximum atomic E-state index is 13.6. The largest absolute Gasteiger partial charge is 0.393 e. The van der Waals surface area contributed by atoms with Crippen molar-refractivity contribution in [1.29, 1.82) is 0 Å². The second-order valence-corrected chi connectivity index (χ2v) is 8.07. The summed E-state index contributed by atoms with van der Waals surface area (Å²) in [5.41, 5.74) is -0.516. The lowest BCUT2D eigenvalue weighted by molar-refractivity contribution is -0.130. The van der Waals surface area contributed by atoms with E-state index in [1.54, 1.807) is 6.92 Å². The van der Waals surface area contributed by atoms with Gasteiger partial charge < -0.3 is 15.3 Å². The quantitative estimate of drug-likeness (QED) is 0.799. The lowest BCUT2D eigenvalue weighted by Gasteiger charge is -2.39. The van der Waals surface area contributed by atoms with Crippen molar-refractivity contribution in [1.82, 2.24) is 15.3 Å². The summed E-state index contributed by atoms with van der Waals surface area (Å²) in [6.07, 6.45) is 2.06. The molecular weight excluding hydrogens is 394 g/mol. The molecule has 1 aliphatic carbocycles. The second-order valence-electron chi connectivity index (χ2n) is 8.07. The Morgan fingerprint density at radius 1 is 1.27 bits per heavy atom. The Bertz CT molecular complexity index is 982. The van der Waals surface area contributed by atoms with Crippen molar-refractivity contribution in [3.05, 3.63) is 53.6 Å². The van der Waals surface area contributed by atoms with Gasteiger partial charge >= 0.3 is 0 Å². The molecule has 0 radical (unpaired) electrons. The van der Waals surface area contributed by atoms with Crippen LogP contribution in [0.15, 0.2) is 30.5 Å². The van der Waals surface area contributed by atoms with Gasteiger partial charge in [-0.3, -0.25) is 9.59 Å². The molecule has 30 heavy (non-hydrogen) atoms. The van der Waals surface area contributed by atoms with E-state index in [2.05, 4.69) is 15.3 Å². The molecule has 2 aromatic rings. The van der Waals surface area contributed by atoms with Gasteiger partial charge in [0.25, 0.3) is 5.91 Å². The maximum Gasteiger partial charge on any atom is 0.270 e. The Kier molecular flexibility index (Phi) is 5.23. The molecular formula is C21H22F2N4O3. The summed E-state index contributed by atoms with van der Waals surface area (Å²) in [4.78, 5) is 35.2. The number of anilines is 1. The van der Waals surface area contributed by atoms with Crippen molar-refractivity contribution >= 4 is 17.5 Å². The Balaban J connectivity index is 1.52. The first-order chi connectivity index (χ1) is 14.3. The molecule has 4 rings (SSSR count). The van der Waals surface area contributed by atoms with Crippen LogP contribution < -0.4 is 10.2 Å². The van der Waals surface area contributed by atoms with Gasteiger partial charge in [0.15, 0.2) is 0 Å². The van der Waals surface area contributed by atoms with Crippen molar-refractivity contribution in [3.63, 3.8) is 0 Å². The normalized spacial score (nSPS) is 26.3. The number of aliphatic hydroxyl groups is 1. The van der Waals surface area contributed by atoms with E-state index in [1.807, 2.05) is 0 Å². The third-order valence-corrected chi connectivity index (χ3v) is 5.84. The van der Waals surface area contributed by atoms with Gasteiger partial charge in [0.2, 0.25) is 5.91 Å². The number of carbonyl (C=O) groups excluding carboxylic acids is 2. The fourth-order valence-electron chi connectivity index (χ4n) is 4.59. The number of halogens is 2. The molecule has 1 aliphatic heterocycles. The van der Waals surface area contributed by atoms with E-state index < -0.39 is 35.1 Å². The summed E-state index contributed by atoms with van der Waals surface area (Å²) in [5, 5.41) is 13.3. The van der Waals surface area contributed by atoms with E-state index in [0.29, 0.717) is 31.6 Å². The average Bonchev–Trinajstić information content (AvgIpc) is 2.96. The van der Waals surface area contributed by atoms with Crippen LogP contribution in [-0.2, 0) is 4.79 Å². The first kappa shape index (κ1) is 20.3. The van der Waals surface area contributed by atoms with Crippen LogP contribution >= 0.6 is 0 Å². The van der Waals surface area contributed by atoms with E-state index in [0.717, 1.165) is 18.2 Å². The molecule has 158 valence electrons. The number of hydrogen-bond donors (Lipinski definition) is 2. The number of aliphatic hydroxyl groups excluding tert-OH is 1. The molecule has 2 heterocycles. The Morgan fingerprint density at radius 3 is 2.70 bits per heavy atom. The number of amides is 2. The molecule has 1 saturated heterocycles. The van der Waals surface area contributed by atoms with Crippen LogP contribution in [0.1, 0.15) is 42.0 Å². The first-order valence-electron chi connectivity index (χ1n) is 9.82. The molecule has 0 bridgehead atoms. The van der Waals surface area contributed by atoms with Crippen molar-refractivity contribution < 1.29 is 23.5 Å². The highest BCUT2D eigenvalue weighted by Crippen LogP contribution is 2.46. The minimum Gasteiger partial charge on any atom is -0.393 e. The van der Waals surface area contributed by atoms with Gasteiger partial charge in [0, 0.05) is 30.5 Å². The number of aryl methyl sites for hydroxylation is 1. The molecule has 7 nitrogen and oxygen atoms in total. The van der Waals surface area contributed by atoms with E-state index in [-0.39, 0.29) is 23.7 Å². The minimum absolute atomic E-state index is 0.159. The fourth-order valence-corrected chi connectivity index (χ4v) is 4.59. The van der Waals surface area contributed by atoms with Gasteiger partial charge in [-0.2, -0.15) is 0 Å². The number of carbonyl (C=O) groups is 2. The predicted molar refractivity (Wildman–Crippen MR) is 104 cm³/mol. The van der Waals surface area contributed by atoms with Gasteiger partial charge in [-0.25, -0.2) is 18.7 Å². The molecule has 1 aromatic carbocycles. The van der Waals surface area contributed by atoms with Crippen molar-refractivity contribution in [3.8, 4) is 0 Å². The molecule has 1 aromatic heterocycles. The average molecular weight is 416 g/mol. The van der Waals surface area contributed by atoms with Crippen LogP contribution in [0.5, 0.6) is 0 Å². The monoisotopic (exact) mass is 416 g/mol. The lowest BCUT2D eigenvalue weighted by Crippen LogP contribution is -2.50. The van der Waals surface area contributed by atoms with Crippen LogP contribution in [0.3, 0.4) is 0 Å². The third-order valence-electron chi connectivity index (χ3n) is 5.84. The summed E-state index contributed by atoms with van der Waals surface area (Å²) in [6, 6.07) is 4.07. The zero-order valence-electron chi connectivity index (χ0n) is 16.4. The summed E-state index contributed by atoms with van der Waals surface area (Å²) in [5.74, 6) is -1.74. The van der Waals surface area contributed by atoms with Crippen LogP contribution in [0.4, 0.5) is 14.5 Å². The summed E-state index contributed by atoms with van der Waals surface area (Å²) >= 11 is 0. The number of nitrogens with zero attached hydrogens (tertiary/aromatic N) is 3. The highest BCUT2D eigenvalue weighted by molar-refractivity contribution is 6.00. The topological polar surface area (TPSA) is 95.4 Å². The Labute approximate surface area is 172 Å². The van der Waals surface area contributed by atoms with Crippen LogP contribution in [0, 0.1) is 24.0 Å². The molecule has 9 heteroatoms. The molecule has 1 spiro atoms. The second kappa shape index (κ2) is 7.71. The van der Waals surface area contributed by atoms with Gasteiger partial charge in [0.05, 0.1) is 11.5 Å². The number of hydrogen-bond acceptors (Lipinski definition) is 5. The molecule has 2 amide bonds. The van der Waals surface area contributed by atoms with E-state index in [1.165, 1.54) is 17.2 Å². The fraction of sp³-hybridized carbons (Fsp3) is 0.429. The molecule has 2 aliphatic rings. The van der Waals surface area contributed by atoms with Crippen molar-refractivity contribution in [2.45, 2.75) is 44.8 Å². The Hall–Kier alpha value is -2.94. The zero-order chi connectivity index (χ0) is 21.5. The number of nitrogens with one attached hydrogen (secondary N) is 1. The number of benzene rings is 1. The zero-order valence-corrected chi connectivity index (χ0v) is 16.4. The SMILES string of the molecule is Cc1nccc(C(=O)N[C@H]2C[C@H](O)CC3(CCN(c4cc(F)cc(F)c4)C3=O)C2)n1. The van der Waals surface area contributed by atoms with Gasteiger partial charge in [0.1, 0.15) is 23.2 Å². The van der Waals surface area contributed by atoms with Crippen LogP contribution in [0.2, 0.25) is 0 Å². The molecule has 2 fully saturated rings. The molecule has 2 N–H and O–H groups in total. The number of aromatic nitrogens is 2. The van der Waals surface area contributed by atoms with Crippen LogP contribution in [0.25, 0.3) is 0 Å². The van der Waals surface area contributed by atoms with Crippen molar-refractivity contribution in [2.75, 3.05) is 11.4 Å². The van der Waals surface area contributed by atoms with Gasteiger partial charge in [-0.15, -0.1) is 0 Å². The highest BCUT2D eigenvalue weighted by atomic mass is 19.1. The van der Waals surface area contributed by atoms with Gasteiger partial charge in [-0.1, -0.05) is 0 Å². The molecule has 1 unspecified atom stereocenters. The first-order valence-corrected chi connectivity index (χ1v) is 9.82. The van der Waals surface area contributed by atoms with E-state index in [4.69, 9.17) is 0 Å². The minimum atomic E-state index is -0.889. The summed E-state index contributed by atoms with van der Waals surface area (Å²) in [6.45, 7) is 1.97. The summed E-state index contributed by atoms with van der Waals surface area (Å²) < 4.78 is 27.2. The standard InChI is InChI=1S/C21H22F2N4O3/c1-12-24-4-2-18(25-12)19(29)26-15-9-17(28)11-21(10-15)3-5-27(20(21)30)16-7-13(22)6-14(23)8-16/h2,4,6-8,15,17,28H,3,5,9-11H2,1H3,(H,26,29)/t15-,17-,21?/m0/s1. The third kappa shape index (κ3) is 3.89. The van der Waals surface area contributed by atoms with Gasteiger partial charge in [-0.05, 0) is 50.8 Å². The van der Waals surface area contributed by atoms with E-state index in [9.17, 15) is 23.5 Å². The Morgan fingerprint density at radius 2 is 2.00 bits per heavy atom. The maximum absolute atomic E-state index is 13.6. The highest BCUT2D eigenvalue weighted by Gasteiger charge is 2.52. The summed E-state index contributed by atoms with van der Waals surface area (Å²) in [7, 11) is 0. The number of rotatable bonds is 3. The van der Waals surface area contributed by atoms with Crippen LogP contribution in [-0.4, -0.2) is 45.6 Å². The predicted octanol–water partition coefficient (Wildman–Crippen LogP) is 2.13. The lowest BCUT2D eigenvalue weighted by atomic mass is 9.69. The smallest absolute Gasteiger partial charge is 0.270 e. The van der Waals surface area contributed by atoms with E-state index >= 15 is 0 Å². The molecule has 3 atom stereocenters. The van der Waals surface area contributed by atoms with Crippen molar-refractivity contribution in [2.24, 2.45) is 5.41 Å². The molecule has 1 saturated carbocycles.